The van der Waals surface area contributed by atoms with E-state index in [0.29, 0.717) is 36.1 Å². The molecule has 1 atom stereocenters. The van der Waals surface area contributed by atoms with Gasteiger partial charge in [-0.1, -0.05) is 12.1 Å². The fourth-order valence-electron chi connectivity index (χ4n) is 5.01. The van der Waals surface area contributed by atoms with E-state index < -0.39 is 17.2 Å². The zero-order valence-corrected chi connectivity index (χ0v) is 19.4. The average molecular weight is 474 g/mol. The SMILES string of the molecule is CC(N)CC1(C(=N)Nc2ccc(F)cc2)c2ccc(C(N)=O)cc2CCc2cc(C(N)=O)ccc21. The van der Waals surface area contributed by atoms with E-state index in [4.69, 9.17) is 17.2 Å². The molecule has 4 rings (SSSR count). The Morgan fingerprint density at radius 1 is 0.943 bits per heavy atom. The fourth-order valence-corrected chi connectivity index (χ4v) is 5.01. The molecule has 0 aromatic heterocycles. The van der Waals surface area contributed by atoms with Gasteiger partial charge < -0.3 is 22.5 Å². The molecule has 0 saturated carbocycles. The van der Waals surface area contributed by atoms with Crippen LogP contribution in [0.15, 0.2) is 60.7 Å². The highest BCUT2D eigenvalue weighted by Gasteiger charge is 2.44. The van der Waals surface area contributed by atoms with Crippen molar-refractivity contribution in [3.63, 3.8) is 0 Å². The highest BCUT2D eigenvalue weighted by atomic mass is 19.1. The lowest BCUT2D eigenvalue weighted by molar-refractivity contribution is 0.0991. The summed E-state index contributed by atoms with van der Waals surface area (Å²) in [7, 11) is 0. The van der Waals surface area contributed by atoms with E-state index in [0.717, 1.165) is 22.3 Å². The number of rotatable bonds is 6. The van der Waals surface area contributed by atoms with Crippen molar-refractivity contribution in [2.45, 2.75) is 37.6 Å². The Bertz CT molecular complexity index is 1250. The summed E-state index contributed by atoms with van der Waals surface area (Å²) in [6, 6.07) is 16.0. The standard InChI is InChI=1S/C27H28FN5O2/c1-15(29)14-27(26(32)33-21-8-6-20(28)7-9-21)22-10-4-18(24(30)34)12-16(22)2-3-17-13-19(25(31)35)5-11-23(17)27/h4-13,15H,2-3,14,29H2,1H3,(H2,30,34)(H2,31,35)(H2,32,33). The Kier molecular flexibility index (Phi) is 6.41. The van der Waals surface area contributed by atoms with Crippen molar-refractivity contribution in [1.82, 2.24) is 0 Å². The predicted octanol–water partition coefficient (Wildman–Crippen LogP) is 3.23. The van der Waals surface area contributed by atoms with Gasteiger partial charge in [-0.2, -0.15) is 0 Å². The van der Waals surface area contributed by atoms with Crippen molar-refractivity contribution >= 4 is 23.3 Å². The van der Waals surface area contributed by atoms with E-state index in [1.807, 2.05) is 19.1 Å². The summed E-state index contributed by atoms with van der Waals surface area (Å²) in [4.78, 5) is 23.8. The first-order valence-corrected chi connectivity index (χ1v) is 11.4. The van der Waals surface area contributed by atoms with Gasteiger partial charge in [-0.25, -0.2) is 4.39 Å². The van der Waals surface area contributed by atoms with Crippen molar-refractivity contribution in [2.24, 2.45) is 17.2 Å². The van der Waals surface area contributed by atoms with Crippen LogP contribution in [0.25, 0.3) is 0 Å². The molecule has 0 heterocycles. The second-order valence-corrected chi connectivity index (χ2v) is 9.07. The summed E-state index contributed by atoms with van der Waals surface area (Å²) in [5.41, 5.74) is 21.1. The molecule has 180 valence electrons. The lowest BCUT2D eigenvalue weighted by Crippen LogP contribution is -2.45. The Labute approximate surface area is 203 Å². The molecular formula is C27H28FN5O2. The number of hydrogen-bond acceptors (Lipinski definition) is 4. The molecule has 8 N–H and O–H groups in total. The molecule has 0 fully saturated rings. The minimum atomic E-state index is -1.03. The van der Waals surface area contributed by atoms with Gasteiger partial charge >= 0.3 is 0 Å². The van der Waals surface area contributed by atoms with Gasteiger partial charge in [0.25, 0.3) is 0 Å². The topological polar surface area (TPSA) is 148 Å². The lowest BCUT2D eigenvalue weighted by atomic mass is 9.67. The highest BCUT2D eigenvalue weighted by Crippen LogP contribution is 2.44. The van der Waals surface area contributed by atoms with E-state index in [2.05, 4.69) is 5.32 Å². The monoisotopic (exact) mass is 473 g/mol. The number of aryl methyl sites for hydroxylation is 2. The highest BCUT2D eigenvalue weighted by molar-refractivity contribution is 6.05. The first kappa shape index (κ1) is 24.1. The average Bonchev–Trinajstić information content (AvgIpc) is 2.95. The summed E-state index contributed by atoms with van der Waals surface area (Å²) >= 11 is 0. The quantitative estimate of drug-likeness (QED) is 0.276. The molecule has 0 bridgehead atoms. The molecule has 0 radical (unpaired) electrons. The Balaban J connectivity index is 1.98. The molecule has 1 aliphatic carbocycles. The summed E-state index contributed by atoms with van der Waals surface area (Å²) in [6.45, 7) is 1.87. The van der Waals surface area contributed by atoms with Crippen LogP contribution in [0.3, 0.4) is 0 Å². The Morgan fingerprint density at radius 3 is 1.86 bits per heavy atom. The van der Waals surface area contributed by atoms with E-state index in [1.54, 1.807) is 36.4 Å². The number of hydrogen-bond donors (Lipinski definition) is 5. The number of carbonyl (C=O) groups is 2. The first-order valence-electron chi connectivity index (χ1n) is 11.4. The third kappa shape index (κ3) is 4.52. The molecule has 35 heavy (non-hydrogen) atoms. The van der Waals surface area contributed by atoms with Gasteiger partial charge in [0.2, 0.25) is 11.8 Å². The summed E-state index contributed by atoms with van der Waals surface area (Å²) in [5.74, 6) is -1.31. The van der Waals surface area contributed by atoms with Gasteiger partial charge in [-0.15, -0.1) is 0 Å². The number of halogens is 1. The van der Waals surface area contributed by atoms with Crippen LogP contribution in [0.2, 0.25) is 0 Å². The number of carbonyl (C=O) groups excluding carboxylic acids is 2. The minimum Gasteiger partial charge on any atom is -0.366 e. The zero-order chi connectivity index (χ0) is 25.3. The third-order valence-electron chi connectivity index (χ3n) is 6.53. The molecule has 1 aliphatic rings. The second kappa shape index (κ2) is 9.31. The molecule has 0 saturated heterocycles. The van der Waals surface area contributed by atoms with Gasteiger partial charge in [0.1, 0.15) is 11.7 Å². The van der Waals surface area contributed by atoms with E-state index in [1.165, 1.54) is 12.1 Å². The second-order valence-electron chi connectivity index (χ2n) is 9.07. The van der Waals surface area contributed by atoms with Gasteiger partial charge in [0.15, 0.2) is 0 Å². The number of fused-ring (bicyclic) bond motifs is 2. The lowest BCUT2D eigenvalue weighted by Gasteiger charge is -2.39. The van der Waals surface area contributed by atoms with Crippen molar-refractivity contribution in [1.29, 1.82) is 5.41 Å². The predicted molar refractivity (Wildman–Crippen MR) is 134 cm³/mol. The van der Waals surface area contributed by atoms with Crippen LogP contribution < -0.4 is 22.5 Å². The van der Waals surface area contributed by atoms with Crippen molar-refractivity contribution in [3.05, 3.63) is 99.9 Å². The number of amidine groups is 1. The van der Waals surface area contributed by atoms with Crippen LogP contribution >= 0.6 is 0 Å². The Morgan fingerprint density at radius 2 is 1.43 bits per heavy atom. The number of primary amides is 2. The van der Waals surface area contributed by atoms with Crippen LogP contribution in [0.5, 0.6) is 0 Å². The maximum absolute atomic E-state index is 13.5. The molecule has 0 aliphatic heterocycles. The normalized spacial score (nSPS) is 14.7. The maximum Gasteiger partial charge on any atom is 0.248 e. The molecule has 8 heteroatoms. The fraction of sp³-hybridized carbons (Fsp3) is 0.222. The van der Waals surface area contributed by atoms with Gasteiger partial charge in [0, 0.05) is 22.9 Å². The van der Waals surface area contributed by atoms with Crippen LogP contribution in [0, 0.1) is 11.2 Å². The molecule has 3 aromatic rings. The van der Waals surface area contributed by atoms with Crippen LogP contribution in [-0.2, 0) is 18.3 Å². The number of benzene rings is 3. The van der Waals surface area contributed by atoms with Crippen LogP contribution in [0.4, 0.5) is 10.1 Å². The van der Waals surface area contributed by atoms with E-state index >= 15 is 0 Å². The molecule has 7 nitrogen and oxygen atoms in total. The smallest absolute Gasteiger partial charge is 0.248 e. The minimum absolute atomic E-state index is 0.143. The number of amides is 2. The largest absolute Gasteiger partial charge is 0.366 e. The van der Waals surface area contributed by atoms with E-state index in [9.17, 15) is 19.4 Å². The molecular weight excluding hydrogens is 445 g/mol. The number of nitrogens with one attached hydrogen (secondary N) is 2. The van der Waals surface area contributed by atoms with Gasteiger partial charge in [-0.05, 0) is 97.0 Å². The first-order chi connectivity index (χ1) is 16.6. The van der Waals surface area contributed by atoms with E-state index in [-0.39, 0.29) is 17.7 Å². The van der Waals surface area contributed by atoms with Gasteiger partial charge in [0.05, 0.1) is 5.41 Å². The van der Waals surface area contributed by atoms with Crippen LogP contribution in [0.1, 0.15) is 56.3 Å². The maximum atomic E-state index is 13.5. The molecule has 1 unspecified atom stereocenters. The third-order valence-corrected chi connectivity index (χ3v) is 6.53. The summed E-state index contributed by atoms with van der Waals surface area (Å²) < 4.78 is 13.5. The molecule has 3 aromatic carbocycles. The summed E-state index contributed by atoms with van der Waals surface area (Å²) in [5, 5.41) is 12.5. The van der Waals surface area contributed by atoms with Crippen molar-refractivity contribution in [2.75, 3.05) is 5.32 Å². The number of anilines is 1. The van der Waals surface area contributed by atoms with Gasteiger partial charge in [-0.3, -0.25) is 15.0 Å². The van der Waals surface area contributed by atoms with Crippen LogP contribution in [-0.4, -0.2) is 23.7 Å². The molecule has 0 spiro atoms. The summed E-state index contributed by atoms with van der Waals surface area (Å²) in [6.07, 6.45) is 1.50. The zero-order valence-electron chi connectivity index (χ0n) is 19.4. The number of nitrogens with two attached hydrogens (primary N) is 3. The molecule has 2 amide bonds. The van der Waals surface area contributed by atoms with Crippen molar-refractivity contribution in [3.8, 4) is 0 Å². The van der Waals surface area contributed by atoms with Crippen molar-refractivity contribution < 1.29 is 14.0 Å². The Hall–Kier alpha value is -4.04.